The Kier molecular flexibility index (Phi) is 6.11. The third-order valence-electron chi connectivity index (χ3n) is 5.00. The monoisotopic (exact) mass is 479 g/mol. The molecule has 2 heterocycles. The fourth-order valence-electron chi connectivity index (χ4n) is 3.41. The summed E-state index contributed by atoms with van der Waals surface area (Å²) in [6, 6.07) is 13.9. The number of rotatable bonds is 6. The van der Waals surface area contributed by atoms with Gasteiger partial charge in [0.25, 0.3) is 17.5 Å². The smallest absolute Gasteiger partial charge is 0.270 e. The number of nitrogens with one attached hydrogen (secondary N) is 1. The number of furan rings is 1. The molecule has 0 spiro atoms. The second-order valence-electron chi connectivity index (χ2n) is 6.97. The Labute approximate surface area is 198 Å². The first-order valence-electron chi connectivity index (χ1n) is 9.81. The number of methoxy groups -OCH3 is 2. The first kappa shape index (κ1) is 22.7. The molecule has 2 aromatic carbocycles. The van der Waals surface area contributed by atoms with Crippen LogP contribution in [0.5, 0.6) is 11.5 Å². The highest BCUT2D eigenvalue weighted by Gasteiger charge is 2.36. The molecule has 0 radical (unpaired) electrons. The summed E-state index contributed by atoms with van der Waals surface area (Å²) in [6.07, 6.45) is 1.27. The number of amides is 2. The van der Waals surface area contributed by atoms with Gasteiger partial charge in [0.1, 0.15) is 28.6 Å². The van der Waals surface area contributed by atoms with Crippen LogP contribution in [0.2, 0.25) is 0 Å². The van der Waals surface area contributed by atoms with Crippen LogP contribution in [0.25, 0.3) is 17.4 Å². The van der Waals surface area contributed by atoms with Crippen molar-refractivity contribution in [3.63, 3.8) is 0 Å². The lowest BCUT2D eigenvalue weighted by molar-refractivity contribution is -0.384. The van der Waals surface area contributed by atoms with Crippen molar-refractivity contribution in [2.24, 2.45) is 0 Å². The number of carbonyl (C=O) groups is 2. The highest BCUT2D eigenvalue weighted by molar-refractivity contribution is 7.80. The van der Waals surface area contributed by atoms with Crippen LogP contribution in [0.1, 0.15) is 5.76 Å². The average Bonchev–Trinajstić information content (AvgIpc) is 3.30. The summed E-state index contributed by atoms with van der Waals surface area (Å²) in [6.45, 7) is 0. The molecule has 1 fully saturated rings. The number of non-ortho nitro benzene ring substituents is 1. The minimum atomic E-state index is -0.688. The van der Waals surface area contributed by atoms with Gasteiger partial charge in [0, 0.05) is 12.1 Å². The van der Waals surface area contributed by atoms with Gasteiger partial charge in [-0.25, -0.2) is 4.90 Å². The first-order valence-corrected chi connectivity index (χ1v) is 10.2. The topological polar surface area (TPSA) is 124 Å². The van der Waals surface area contributed by atoms with Crippen LogP contribution >= 0.6 is 12.2 Å². The van der Waals surface area contributed by atoms with Crippen LogP contribution in [0, 0.1) is 10.1 Å². The molecule has 1 aromatic heterocycles. The minimum absolute atomic E-state index is 0.0851. The van der Waals surface area contributed by atoms with Crippen molar-refractivity contribution in [2.45, 2.75) is 0 Å². The lowest BCUT2D eigenvalue weighted by Gasteiger charge is -2.29. The molecule has 2 amide bonds. The fraction of sp³-hybridized carbons (Fsp3) is 0.0870. The van der Waals surface area contributed by atoms with Crippen LogP contribution in [0.3, 0.4) is 0 Å². The summed E-state index contributed by atoms with van der Waals surface area (Å²) in [7, 11) is 2.88. The zero-order valence-electron chi connectivity index (χ0n) is 17.9. The van der Waals surface area contributed by atoms with Gasteiger partial charge in [-0.3, -0.25) is 25.0 Å². The van der Waals surface area contributed by atoms with Crippen LogP contribution < -0.4 is 19.7 Å². The van der Waals surface area contributed by atoms with Gasteiger partial charge < -0.3 is 13.9 Å². The van der Waals surface area contributed by atoms with E-state index in [9.17, 15) is 19.7 Å². The second kappa shape index (κ2) is 9.16. The van der Waals surface area contributed by atoms with E-state index in [2.05, 4.69) is 5.32 Å². The van der Waals surface area contributed by atoms with E-state index in [1.54, 1.807) is 30.3 Å². The molecule has 172 valence electrons. The lowest BCUT2D eigenvalue weighted by Crippen LogP contribution is -2.54. The number of hydrogen-bond donors (Lipinski definition) is 1. The van der Waals surface area contributed by atoms with Crippen LogP contribution in [0.4, 0.5) is 11.4 Å². The molecule has 10 nitrogen and oxygen atoms in total. The maximum Gasteiger partial charge on any atom is 0.270 e. The summed E-state index contributed by atoms with van der Waals surface area (Å²) in [5.74, 6) is -0.163. The Morgan fingerprint density at radius 2 is 1.79 bits per heavy atom. The molecule has 0 atom stereocenters. The van der Waals surface area contributed by atoms with E-state index >= 15 is 0 Å². The predicted octanol–water partition coefficient (Wildman–Crippen LogP) is 3.70. The molecule has 1 saturated heterocycles. The third-order valence-corrected chi connectivity index (χ3v) is 5.29. The van der Waals surface area contributed by atoms with Crippen molar-refractivity contribution in [3.05, 3.63) is 76.0 Å². The molecule has 0 aliphatic carbocycles. The summed E-state index contributed by atoms with van der Waals surface area (Å²) >= 11 is 5.22. The van der Waals surface area contributed by atoms with E-state index < -0.39 is 16.7 Å². The fourth-order valence-corrected chi connectivity index (χ4v) is 3.68. The Hall–Kier alpha value is -4.51. The minimum Gasteiger partial charge on any atom is -0.496 e. The van der Waals surface area contributed by atoms with E-state index in [1.165, 1.54) is 44.6 Å². The molecule has 1 aliphatic heterocycles. The molecule has 1 aliphatic rings. The number of nitro benzene ring substituents is 1. The summed E-state index contributed by atoms with van der Waals surface area (Å²) < 4.78 is 16.4. The molecular weight excluding hydrogens is 462 g/mol. The number of carbonyl (C=O) groups excluding carboxylic acids is 2. The van der Waals surface area contributed by atoms with Crippen molar-refractivity contribution in [1.29, 1.82) is 0 Å². The molecule has 4 rings (SSSR count). The normalized spacial score (nSPS) is 14.8. The Morgan fingerprint density at radius 3 is 2.50 bits per heavy atom. The van der Waals surface area contributed by atoms with E-state index in [0.717, 1.165) is 4.90 Å². The SMILES string of the molecule is COc1ccc([N+](=O)[O-])cc1-c1ccc(/C=C2\C(=O)NC(=S)N(c3ccccc3OC)C2=O)o1. The van der Waals surface area contributed by atoms with Crippen LogP contribution in [0.15, 0.2) is 64.6 Å². The number of hydrogen-bond acceptors (Lipinski definition) is 8. The van der Waals surface area contributed by atoms with E-state index in [-0.39, 0.29) is 27.9 Å². The Morgan fingerprint density at radius 1 is 1.06 bits per heavy atom. The van der Waals surface area contributed by atoms with E-state index in [4.69, 9.17) is 26.1 Å². The standard InChI is InChI=1S/C23H17N3O7S/c1-31-18-9-7-13(26(29)30)11-15(18)19-10-8-14(33-19)12-16-21(27)24-23(34)25(22(16)28)17-5-3-4-6-20(17)32-2/h3-12H,1-2H3,(H,24,27,34)/b16-12+. The molecule has 1 N–H and O–H groups in total. The van der Waals surface area contributed by atoms with Crippen LogP contribution in [-0.4, -0.2) is 36.1 Å². The number of benzene rings is 2. The molecule has 0 bridgehead atoms. The van der Waals surface area contributed by atoms with E-state index in [0.29, 0.717) is 22.7 Å². The highest BCUT2D eigenvalue weighted by Crippen LogP contribution is 2.35. The molecule has 0 saturated carbocycles. The van der Waals surface area contributed by atoms with Gasteiger partial charge in [-0.1, -0.05) is 12.1 Å². The zero-order valence-corrected chi connectivity index (χ0v) is 18.8. The van der Waals surface area contributed by atoms with Crippen molar-refractivity contribution < 1.29 is 28.4 Å². The van der Waals surface area contributed by atoms with Gasteiger partial charge in [0.15, 0.2) is 5.11 Å². The maximum atomic E-state index is 13.2. The summed E-state index contributed by atoms with van der Waals surface area (Å²) in [4.78, 5) is 37.6. The Balaban J connectivity index is 1.72. The highest BCUT2D eigenvalue weighted by atomic mass is 32.1. The van der Waals surface area contributed by atoms with Crippen molar-refractivity contribution in [3.8, 4) is 22.8 Å². The van der Waals surface area contributed by atoms with Gasteiger partial charge in [-0.2, -0.15) is 0 Å². The zero-order chi connectivity index (χ0) is 24.4. The van der Waals surface area contributed by atoms with Gasteiger partial charge in [0.2, 0.25) is 0 Å². The maximum absolute atomic E-state index is 13.2. The largest absolute Gasteiger partial charge is 0.496 e. The first-order chi connectivity index (χ1) is 16.3. The Bertz CT molecular complexity index is 1360. The summed E-state index contributed by atoms with van der Waals surface area (Å²) in [5.41, 5.74) is 0.353. The predicted molar refractivity (Wildman–Crippen MR) is 127 cm³/mol. The molecule has 3 aromatic rings. The molecule has 11 heteroatoms. The van der Waals surface area contributed by atoms with Gasteiger partial charge in [0.05, 0.1) is 30.4 Å². The van der Waals surface area contributed by atoms with Gasteiger partial charge in [-0.15, -0.1) is 0 Å². The molecule has 34 heavy (non-hydrogen) atoms. The molecule has 0 unspecified atom stereocenters. The lowest BCUT2D eigenvalue weighted by atomic mass is 10.1. The van der Waals surface area contributed by atoms with E-state index in [1.807, 2.05) is 0 Å². The number of ether oxygens (including phenoxy) is 2. The van der Waals surface area contributed by atoms with Crippen molar-refractivity contribution >= 4 is 46.6 Å². The number of anilines is 1. The summed E-state index contributed by atoms with van der Waals surface area (Å²) in [5, 5.41) is 13.6. The van der Waals surface area contributed by atoms with Gasteiger partial charge in [-0.05, 0) is 48.6 Å². The average molecular weight is 479 g/mol. The van der Waals surface area contributed by atoms with Crippen molar-refractivity contribution in [2.75, 3.05) is 19.1 Å². The number of nitrogens with zero attached hydrogens (tertiary/aromatic N) is 2. The second-order valence-corrected chi connectivity index (χ2v) is 7.36. The number of nitro groups is 1. The van der Waals surface area contributed by atoms with Crippen molar-refractivity contribution in [1.82, 2.24) is 5.32 Å². The van der Waals surface area contributed by atoms with Crippen LogP contribution in [-0.2, 0) is 9.59 Å². The number of thiocarbonyl (C=S) groups is 1. The number of para-hydroxylation sites is 2. The quantitative estimate of drug-likeness (QED) is 0.187. The molecular formula is C23H17N3O7S. The third kappa shape index (κ3) is 4.11. The van der Waals surface area contributed by atoms with Gasteiger partial charge >= 0.3 is 0 Å².